The number of nitrogens with zero attached hydrogens (tertiary/aromatic N) is 1. The first kappa shape index (κ1) is 12.0. The molecule has 1 heterocycles. The lowest BCUT2D eigenvalue weighted by molar-refractivity contribution is 0.541. The van der Waals surface area contributed by atoms with Crippen molar-refractivity contribution in [2.45, 2.75) is 40.3 Å². The second kappa shape index (κ2) is 5.75. The molecular weight excluding hydrogens is 190 g/mol. The van der Waals surface area contributed by atoms with Gasteiger partial charge < -0.3 is 15.1 Å². The molecule has 0 saturated carbocycles. The van der Waals surface area contributed by atoms with E-state index in [1.165, 1.54) is 0 Å². The van der Waals surface area contributed by atoms with Gasteiger partial charge in [0.15, 0.2) is 0 Å². The van der Waals surface area contributed by atoms with Crippen LogP contribution in [0.1, 0.15) is 33.4 Å². The van der Waals surface area contributed by atoms with Gasteiger partial charge in [-0.05, 0) is 26.3 Å². The van der Waals surface area contributed by atoms with E-state index >= 15 is 0 Å². The first-order valence-corrected chi connectivity index (χ1v) is 5.49. The van der Waals surface area contributed by atoms with E-state index in [-0.39, 0.29) is 0 Å². The van der Waals surface area contributed by atoms with E-state index in [0.29, 0.717) is 18.0 Å². The highest BCUT2D eigenvalue weighted by Crippen LogP contribution is 2.08. The third kappa shape index (κ3) is 4.83. The summed E-state index contributed by atoms with van der Waals surface area (Å²) in [6, 6.07) is 0.950. The van der Waals surface area contributed by atoms with Gasteiger partial charge in [-0.25, -0.2) is 0 Å². The Bertz CT molecular complexity index is 281. The summed E-state index contributed by atoms with van der Waals surface area (Å²) in [6.45, 7) is 10.2. The van der Waals surface area contributed by atoms with Crippen LogP contribution in [0.15, 0.2) is 10.7 Å². The van der Waals surface area contributed by atoms with Crippen LogP contribution in [0.4, 0.5) is 6.01 Å². The minimum atomic E-state index is 0.347. The van der Waals surface area contributed by atoms with Crippen molar-refractivity contribution >= 4 is 6.01 Å². The molecule has 0 bridgehead atoms. The van der Waals surface area contributed by atoms with Crippen LogP contribution in [0, 0.1) is 5.92 Å². The normalized spacial score (nSPS) is 11.3. The van der Waals surface area contributed by atoms with Crippen LogP contribution in [0.2, 0.25) is 0 Å². The maximum absolute atomic E-state index is 5.27. The number of nitrogens with one attached hydrogen (secondary N) is 2. The lowest BCUT2D eigenvalue weighted by Crippen LogP contribution is -2.19. The monoisotopic (exact) mass is 211 g/mol. The van der Waals surface area contributed by atoms with Crippen molar-refractivity contribution in [1.29, 1.82) is 0 Å². The van der Waals surface area contributed by atoms with Gasteiger partial charge in [0, 0.05) is 12.6 Å². The molecule has 1 rings (SSSR count). The van der Waals surface area contributed by atoms with Crippen molar-refractivity contribution in [3.05, 3.63) is 12.0 Å². The third-order valence-corrected chi connectivity index (χ3v) is 1.82. The largest absolute Gasteiger partial charge is 0.432 e. The van der Waals surface area contributed by atoms with E-state index in [4.69, 9.17) is 4.42 Å². The molecule has 0 fully saturated rings. The Morgan fingerprint density at radius 1 is 1.33 bits per heavy atom. The van der Waals surface area contributed by atoms with E-state index in [0.717, 1.165) is 18.8 Å². The van der Waals surface area contributed by atoms with Gasteiger partial charge in [-0.15, -0.1) is 0 Å². The minimum absolute atomic E-state index is 0.347. The predicted molar refractivity (Wildman–Crippen MR) is 61.8 cm³/mol. The number of hydrogen-bond donors (Lipinski definition) is 2. The molecule has 4 heteroatoms. The zero-order chi connectivity index (χ0) is 11.3. The van der Waals surface area contributed by atoms with Gasteiger partial charge >= 0.3 is 0 Å². The van der Waals surface area contributed by atoms with Crippen LogP contribution in [0.25, 0.3) is 0 Å². The van der Waals surface area contributed by atoms with E-state index in [2.05, 4.69) is 43.3 Å². The van der Waals surface area contributed by atoms with Crippen molar-refractivity contribution in [2.24, 2.45) is 5.92 Å². The van der Waals surface area contributed by atoms with Crippen LogP contribution in [-0.2, 0) is 6.54 Å². The topological polar surface area (TPSA) is 50.1 Å². The minimum Gasteiger partial charge on any atom is -0.432 e. The average Bonchev–Trinajstić information content (AvgIpc) is 2.50. The molecule has 0 atom stereocenters. The quantitative estimate of drug-likeness (QED) is 0.757. The predicted octanol–water partition coefficient (Wildman–Crippen LogP) is 2.24. The van der Waals surface area contributed by atoms with Crippen LogP contribution in [0.3, 0.4) is 0 Å². The van der Waals surface area contributed by atoms with Crippen molar-refractivity contribution in [2.75, 3.05) is 11.9 Å². The fraction of sp³-hybridized carbons (Fsp3) is 0.727. The third-order valence-electron chi connectivity index (χ3n) is 1.82. The molecule has 0 radical (unpaired) electrons. The van der Waals surface area contributed by atoms with Crippen molar-refractivity contribution in [1.82, 2.24) is 10.3 Å². The number of oxazole rings is 1. The second-order valence-corrected chi connectivity index (χ2v) is 4.47. The van der Waals surface area contributed by atoms with Gasteiger partial charge in [0.05, 0.1) is 5.69 Å². The molecular formula is C11H21N3O. The number of anilines is 1. The molecule has 0 aromatic carbocycles. The summed E-state index contributed by atoms with van der Waals surface area (Å²) in [5, 5.41) is 6.44. The van der Waals surface area contributed by atoms with E-state index in [9.17, 15) is 0 Å². The SMILES string of the molecule is CC(C)CNCc1coc(NC(C)C)n1. The molecule has 4 nitrogen and oxygen atoms in total. The molecule has 1 aromatic rings. The van der Waals surface area contributed by atoms with E-state index in [1.54, 1.807) is 6.26 Å². The smallest absolute Gasteiger partial charge is 0.294 e. The zero-order valence-corrected chi connectivity index (χ0v) is 10.0. The molecule has 15 heavy (non-hydrogen) atoms. The van der Waals surface area contributed by atoms with Crippen molar-refractivity contribution in [3.8, 4) is 0 Å². The summed E-state index contributed by atoms with van der Waals surface area (Å²) >= 11 is 0. The maximum atomic E-state index is 5.27. The van der Waals surface area contributed by atoms with Gasteiger partial charge in [0.2, 0.25) is 0 Å². The van der Waals surface area contributed by atoms with Crippen LogP contribution >= 0.6 is 0 Å². The summed E-state index contributed by atoms with van der Waals surface area (Å²) in [7, 11) is 0. The summed E-state index contributed by atoms with van der Waals surface area (Å²) in [4.78, 5) is 4.31. The van der Waals surface area contributed by atoms with Gasteiger partial charge in [0.1, 0.15) is 6.26 Å². The highest BCUT2D eigenvalue weighted by atomic mass is 16.4. The lowest BCUT2D eigenvalue weighted by Gasteiger charge is -2.04. The Morgan fingerprint density at radius 2 is 2.07 bits per heavy atom. The Kier molecular flexibility index (Phi) is 4.62. The van der Waals surface area contributed by atoms with E-state index < -0.39 is 0 Å². The van der Waals surface area contributed by atoms with Crippen LogP contribution < -0.4 is 10.6 Å². The average molecular weight is 211 g/mol. The summed E-state index contributed by atoms with van der Waals surface area (Å²) in [6.07, 6.45) is 1.69. The number of aromatic nitrogens is 1. The fourth-order valence-corrected chi connectivity index (χ4v) is 1.19. The first-order chi connectivity index (χ1) is 7.08. The molecule has 0 aliphatic carbocycles. The first-order valence-electron chi connectivity index (χ1n) is 5.49. The number of rotatable bonds is 6. The highest BCUT2D eigenvalue weighted by Gasteiger charge is 2.04. The van der Waals surface area contributed by atoms with Crippen molar-refractivity contribution in [3.63, 3.8) is 0 Å². The standard InChI is InChI=1S/C11H21N3O/c1-8(2)5-12-6-10-7-15-11(14-10)13-9(3)4/h7-9,12H,5-6H2,1-4H3,(H,13,14). The Labute approximate surface area is 91.5 Å². The maximum Gasteiger partial charge on any atom is 0.294 e. The molecule has 2 N–H and O–H groups in total. The molecule has 0 unspecified atom stereocenters. The molecule has 0 amide bonds. The molecule has 0 saturated heterocycles. The summed E-state index contributed by atoms with van der Waals surface area (Å²) < 4.78 is 5.27. The van der Waals surface area contributed by atoms with Gasteiger partial charge in [-0.1, -0.05) is 13.8 Å². The number of hydrogen-bond acceptors (Lipinski definition) is 4. The molecule has 86 valence electrons. The van der Waals surface area contributed by atoms with Gasteiger partial charge in [-0.2, -0.15) is 4.98 Å². The highest BCUT2D eigenvalue weighted by molar-refractivity contribution is 5.22. The van der Waals surface area contributed by atoms with Crippen LogP contribution in [-0.4, -0.2) is 17.6 Å². The Balaban J connectivity index is 2.33. The summed E-state index contributed by atoms with van der Waals surface area (Å²) in [5.74, 6) is 0.658. The zero-order valence-electron chi connectivity index (χ0n) is 10.0. The van der Waals surface area contributed by atoms with Gasteiger partial charge in [-0.3, -0.25) is 0 Å². The van der Waals surface area contributed by atoms with Crippen molar-refractivity contribution < 1.29 is 4.42 Å². The molecule has 0 aliphatic rings. The fourth-order valence-electron chi connectivity index (χ4n) is 1.19. The second-order valence-electron chi connectivity index (χ2n) is 4.47. The van der Waals surface area contributed by atoms with E-state index in [1.807, 2.05) is 0 Å². The van der Waals surface area contributed by atoms with Crippen LogP contribution in [0.5, 0.6) is 0 Å². The lowest BCUT2D eigenvalue weighted by atomic mass is 10.2. The molecule has 0 aliphatic heterocycles. The molecule has 1 aromatic heterocycles. The molecule has 0 spiro atoms. The van der Waals surface area contributed by atoms with Gasteiger partial charge in [0.25, 0.3) is 6.01 Å². The Hall–Kier alpha value is -1.03. The Morgan fingerprint density at radius 3 is 2.67 bits per heavy atom. The summed E-state index contributed by atoms with van der Waals surface area (Å²) in [5.41, 5.74) is 0.943.